The topological polar surface area (TPSA) is 79.8 Å². The van der Waals surface area contributed by atoms with Crippen molar-refractivity contribution >= 4 is 35.2 Å². The summed E-state index contributed by atoms with van der Waals surface area (Å²) in [7, 11) is 0. The quantitative estimate of drug-likeness (QED) is 0.432. The van der Waals surface area contributed by atoms with Gasteiger partial charge in [0, 0.05) is 0 Å². The highest BCUT2D eigenvalue weighted by Gasteiger charge is 2.13. The van der Waals surface area contributed by atoms with E-state index in [0.717, 1.165) is 0 Å². The fraction of sp³-hybridized carbons (Fsp3) is 0. The molecule has 0 radical (unpaired) electrons. The summed E-state index contributed by atoms with van der Waals surface area (Å²) in [6, 6.07) is 0. The molecule has 0 aromatic heterocycles. The predicted octanol–water partition coefficient (Wildman–Crippen LogP) is -1.21. The first-order valence-electron chi connectivity index (χ1n) is 2.41. The fourth-order valence-electron chi connectivity index (χ4n) is 0.466. The van der Waals surface area contributed by atoms with Gasteiger partial charge in [0.25, 0.3) is 5.91 Å². The third-order valence-corrected chi connectivity index (χ3v) is 0.908. The zero-order chi connectivity index (χ0) is 7.56. The van der Waals surface area contributed by atoms with Gasteiger partial charge in [0.1, 0.15) is 0 Å². The lowest BCUT2D eigenvalue weighted by molar-refractivity contribution is -0.114. The number of amides is 1. The van der Waals surface area contributed by atoms with Crippen molar-refractivity contribution in [2.45, 2.75) is 0 Å². The number of carbonyl (C=O) groups excluding carboxylic acids is 1. The molecule has 1 rings (SSSR count). The highest BCUT2D eigenvalue weighted by atomic mass is 32.1. The van der Waals surface area contributed by atoms with Gasteiger partial charge in [-0.2, -0.15) is 5.10 Å². The summed E-state index contributed by atoms with van der Waals surface area (Å²) in [4.78, 5) is 14.1. The van der Waals surface area contributed by atoms with Crippen molar-refractivity contribution in [2.24, 2.45) is 15.8 Å². The van der Waals surface area contributed by atoms with Crippen LogP contribution in [0, 0.1) is 0 Å². The largest absolute Gasteiger partial charge is 0.374 e. The predicted molar refractivity (Wildman–Crippen MR) is 40.9 cm³/mol. The van der Waals surface area contributed by atoms with Gasteiger partial charge >= 0.3 is 0 Å². The van der Waals surface area contributed by atoms with Crippen LogP contribution in [0.3, 0.4) is 0 Å². The van der Waals surface area contributed by atoms with E-state index in [1.54, 1.807) is 0 Å². The molecule has 0 unspecified atom stereocenters. The second kappa shape index (κ2) is 2.53. The number of nitrogens with one attached hydrogen (secondary N) is 1. The molecule has 52 valence electrons. The van der Waals surface area contributed by atoms with E-state index in [1.165, 1.54) is 6.21 Å². The van der Waals surface area contributed by atoms with E-state index in [0.29, 0.717) is 0 Å². The lowest BCUT2D eigenvalue weighted by Gasteiger charge is -1.87. The maximum absolute atomic E-state index is 10.6. The Hall–Kier alpha value is -1.30. The minimum atomic E-state index is -0.382. The van der Waals surface area contributed by atoms with Gasteiger partial charge < -0.3 is 5.73 Å². The monoisotopic (exact) mass is 156 g/mol. The Kier molecular flexibility index (Phi) is 1.72. The standard InChI is InChI=1S/C4H4N4OS/c5-4(10)7-2-1-6-8-3(2)9/h1H,(H3,5,7,8,9,10). The van der Waals surface area contributed by atoms with Crippen LogP contribution >= 0.6 is 12.2 Å². The normalized spacial score (nSPS) is 19.6. The van der Waals surface area contributed by atoms with Crippen molar-refractivity contribution in [3.8, 4) is 0 Å². The van der Waals surface area contributed by atoms with Crippen LogP contribution in [0.1, 0.15) is 0 Å². The minimum absolute atomic E-state index is 0.0708. The zero-order valence-electron chi connectivity index (χ0n) is 4.87. The van der Waals surface area contributed by atoms with Gasteiger partial charge in [-0.3, -0.25) is 4.79 Å². The molecule has 1 aliphatic rings. The number of thiocarbonyl (C=S) groups is 1. The van der Waals surface area contributed by atoms with Gasteiger partial charge in [0.15, 0.2) is 10.8 Å². The van der Waals surface area contributed by atoms with Crippen LogP contribution in [0.2, 0.25) is 0 Å². The van der Waals surface area contributed by atoms with Crippen LogP contribution < -0.4 is 11.2 Å². The van der Waals surface area contributed by atoms with Crippen LogP contribution in [0.4, 0.5) is 0 Å². The van der Waals surface area contributed by atoms with Crippen LogP contribution in [0.25, 0.3) is 0 Å². The van der Waals surface area contributed by atoms with E-state index in [-0.39, 0.29) is 16.7 Å². The molecular weight excluding hydrogens is 152 g/mol. The molecule has 1 amide bonds. The van der Waals surface area contributed by atoms with E-state index in [1.807, 2.05) is 0 Å². The Labute approximate surface area is 62.0 Å². The highest BCUT2D eigenvalue weighted by molar-refractivity contribution is 7.80. The number of nitrogens with two attached hydrogens (primary N) is 1. The number of rotatable bonds is 0. The van der Waals surface area contributed by atoms with E-state index < -0.39 is 0 Å². The summed E-state index contributed by atoms with van der Waals surface area (Å²) >= 11 is 4.43. The van der Waals surface area contributed by atoms with Crippen LogP contribution in [-0.2, 0) is 4.79 Å². The molecular formula is C4H4N4OS. The molecule has 5 nitrogen and oxygen atoms in total. The fourth-order valence-corrected chi connectivity index (χ4v) is 0.565. The first kappa shape index (κ1) is 6.81. The second-order valence-corrected chi connectivity index (χ2v) is 1.95. The number of hydrogen-bond donors (Lipinski definition) is 2. The Morgan fingerprint density at radius 3 is 3.00 bits per heavy atom. The van der Waals surface area contributed by atoms with Crippen molar-refractivity contribution in [3.63, 3.8) is 0 Å². The number of hydrazone groups is 1. The number of aliphatic imine (C=N–C) groups is 1. The van der Waals surface area contributed by atoms with Crippen molar-refractivity contribution in [2.75, 3.05) is 0 Å². The summed E-state index contributed by atoms with van der Waals surface area (Å²) in [6.45, 7) is 0. The molecule has 0 saturated carbocycles. The van der Waals surface area contributed by atoms with Crippen molar-refractivity contribution < 1.29 is 4.79 Å². The molecule has 0 aromatic rings. The van der Waals surface area contributed by atoms with Crippen LogP contribution in [0.5, 0.6) is 0 Å². The molecule has 1 heterocycles. The molecule has 10 heavy (non-hydrogen) atoms. The van der Waals surface area contributed by atoms with E-state index in [9.17, 15) is 4.79 Å². The third kappa shape index (κ3) is 1.35. The second-order valence-electron chi connectivity index (χ2n) is 1.53. The van der Waals surface area contributed by atoms with E-state index >= 15 is 0 Å². The Morgan fingerprint density at radius 2 is 2.60 bits per heavy atom. The maximum atomic E-state index is 10.6. The van der Waals surface area contributed by atoms with Crippen LogP contribution in [-0.4, -0.2) is 22.9 Å². The summed E-state index contributed by atoms with van der Waals surface area (Å²) in [5, 5.41) is 3.36. The van der Waals surface area contributed by atoms with Crippen molar-refractivity contribution in [3.05, 3.63) is 0 Å². The molecule has 0 aromatic carbocycles. The van der Waals surface area contributed by atoms with Crippen molar-refractivity contribution in [1.29, 1.82) is 0 Å². The Morgan fingerprint density at radius 1 is 1.90 bits per heavy atom. The van der Waals surface area contributed by atoms with Gasteiger partial charge in [-0.1, -0.05) is 0 Å². The average Bonchev–Trinajstić information content (AvgIpc) is 2.15. The number of carbonyl (C=O) groups is 1. The molecule has 0 saturated heterocycles. The molecule has 0 bridgehead atoms. The highest BCUT2D eigenvalue weighted by Crippen LogP contribution is 1.84. The van der Waals surface area contributed by atoms with Gasteiger partial charge in [0.2, 0.25) is 0 Å². The minimum Gasteiger partial charge on any atom is -0.374 e. The number of hydrogen-bond acceptors (Lipinski definition) is 3. The summed E-state index contributed by atoms with van der Waals surface area (Å²) in [5.74, 6) is -0.382. The first-order valence-corrected chi connectivity index (χ1v) is 2.82. The first-order chi connectivity index (χ1) is 4.70. The molecule has 0 aliphatic carbocycles. The molecule has 6 heteroatoms. The summed E-state index contributed by atoms with van der Waals surface area (Å²) in [6.07, 6.45) is 1.27. The third-order valence-electron chi connectivity index (χ3n) is 0.816. The molecule has 0 spiro atoms. The molecule has 0 atom stereocenters. The van der Waals surface area contributed by atoms with Crippen molar-refractivity contribution in [1.82, 2.24) is 5.43 Å². The van der Waals surface area contributed by atoms with E-state index in [2.05, 4.69) is 27.7 Å². The molecule has 3 N–H and O–H groups in total. The Bertz CT molecular complexity index is 244. The SMILES string of the molecule is NC(=S)/N=C1\C=NNC1=O. The molecule has 0 fully saturated rings. The lowest BCUT2D eigenvalue weighted by Crippen LogP contribution is -2.22. The van der Waals surface area contributed by atoms with E-state index in [4.69, 9.17) is 5.73 Å². The Balaban J connectivity index is 2.82. The maximum Gasteiger partial charge on any atom is 0.291 e. The van der Waals surface area contributed by atoms with Gasteiger partial charge in [-0.15, -0.1) is 0 Å². The van der Waals surface area contributed by atoms with Gasteiger partial charge in [0.05, 0.1) is 6.21 Å². The zero-order valence-corrected chi connectivity index (χ0v) is 5.68. The van der Waals surface area contributed by atoms with Gasteiger partial charge in [-0.05, 0) is 12.2 Å². The van der Waals surface area contributed by atoms with Gasteiger partial charge in [-0.25, -0.2) is 10.4 Å². The smallest absolute Gasteiger partial charge is 0.291 e. The summed E-state index contributed by atoms with van der Waals surface area (Å²) < 4.78 is 0. The molecule has 1 aliphatic heterocycles. The summed E-state index contributed by atoms with van der Waals surface area (Å²) in [5.41, 5.74) is 7.34. The number of nitrogens with zero attached hydrogens (tertiary/aromatic N) is 2. The van der Waals surface area contributed by atoms with Crippen LogP contribution in [0.15, 0.2) is 10.1 Å². The lowest BCUT2D eigenvalue weighted by atomic mass is 10.4. The average molecular weight is 156 g/mol.